The van der Waals surface area contributed by atoms with Crippen LogP contribution >= 0.6 is 0 Å². The Morgan fingerprint density at radius 2 is 1.12 bits per heavy atom. The van der Waals surface area contributed by atoms with E-state index >= 15 is 0 Å². The van der Waals surface area contributed by atoms with Crippen LogP contribution in [-0.2, 0) is 6.54 Å². The molecule has 0 bridgehead atoms. The summed E-state index contributed by atoms with van der Waals surface area (Å²) in [5.41, 5.74) is 15.0. The molecule has 0 atom stereocenters. The molecule has 5 heteroatoms. The topological polar surface area (TPSA) is 77.0 Å². The van der Waals surface area contributed by atoms with E-state index in [9.17, 15) is 0 Å². The molecule has 0 fully saturated rings. The molecule has 2 heterocycles. The van der Waals surface area contributed by atoms with Crippen molar-refractivity contribution in [2.24, 2.45) is 15.7 Å². The van der Waals surface area contributed by atoms with Gasteiger partial charge in [-0.25, -0.2) is 4.99 Å². The van der Waals surface area contributed by atoms with Crippen LogP contribution in [0.2, 0.25) is 0 Å². The fourth-order valence-corrected chi connectivity index (χ4v) is 7.51. The lowest BCUT2D eigenvalue weighted by Gasteiger charge is -2.10. The first kappa shape index (κ1) is 29.9. The summed E-state index contributed by atoms with van der Waals surface area (Å²) >= 11 is 0. The number of nitrogens with two attached hydrogens (primary N) is 1. The predicted molar refractivity (Wildman–Crippen MR) is 215 cm³/mol. The normalized spacial score (nSPS) is 12.6. The maximum atomic E-state index is 6.82. The molecular weight excluding hydrogens is 639 g/mol. The highest BCUT2D eigenvalue weighted by atomic mass is 16.3. The Hall–Kier alpha value is -6.98. The summed E-state index contributed by atoms with van der Waals surface area (Å²) in [5, 5.41) is 8.91. The second kappa shape index (κ2) is 12.1. The lowest BCUT2D eigenvalue weighted by Crippen LogP contribution is -2.16. The average Bonchev–Trinajstić information content (AvgIpc) is 3.78. The van der Waals surface area contributed by atoms with Crippen molar-refractivity contribution in [1.29, 1.82) is 0 Å². The van der Waals surface area contributed by atoms with Crippen molar-refractivity contribution >= 4 is 77.1 Å². The van der Waals surface area contributed by atoms with E-state index in [1.54, 1.807) is 0 Å². The molecule has 0 aliphatic rings. The van der Waals surface area contributed by atoms with Crippen molar-refractivity contribution < 1.29 is 8.83 Å². The number of benzene rings is 8. The maximum Gasteiger partial charge on any atom is 0.157 e. The molecule has 2 N–H and O–H groups in total. The van der Waals surface area contributed by atoms with Crippen LogP contribution in [0.15, 0.2) is 183 Å². The molecule has 246 valence electrons. The van der Waals surface area contributed by atoms with Crippen LogP contribution in [0.3, 0.4) is 0 Å². The van der Waals surface area contributed by atoms with Crippen molar-refractivity contribution in [2.75, 3.05) is 0 Å². The number of hydrogen-bond donors (Lipinski definition) is 1. The predicted octanol–water partition coefficient (Wildman–Crippen LogP) is 11.8. The first-order valence-corrected chi connectivity index (χ1v) is 17.4. The Bertz CT molecular complexity index is 3060. The highest BCUT2D eigenvalue weighted by Crippen LogP contribution is 2.40. The lowest BCUT2D eigenvalue weighted by molar-refractivity contribution is 0.668. The van der Waals surface area contributed by atoms with Gasteiger partial charge in [0.25, 0.3) is 0 Å². The van der Waals surface area contributed by atoms with Gasteiger partial charge in [-0.1, -0.05) is 127 Å². The second-order valence-corrected chi connectivity index (χ2v) is 13.1. The van der Waals surface area contributed by atoms with Crippen LogP contribution in [-0.4, -0.2) is 11.7 Å². The molecular formula is C47H31N3O2. The molecule has 0 unspecified atom stereocenters. The number of para-hydroxylation sites is 2. The fraction of sp³-hybridized carbons (Fsp3) is 0.0213. The van der Waals surface area contributed by atoms with E-state index in [4.69, 9.17) is 24.6 Å². The zero-order chi connectivity index (χ0) is 34.6. The summed E-state index contributed by atoms with van der Waals surface area (Å²) in [6.45, 7) is 0.360. The van der Waals surface area contributed by atoms with E-state index in [-0.39, 0.29) is 0 Å². The monoisotopic (exact) mass is 669 g/mol. The number of aliphatic imine (C=N–C) groups is 2. The van der Waals surface area contributed by atoms with E-state index in [1.165, 1.54) is 10.8 Å². The molecule has 0 saturated carbocycles. The van der Waals surface area contributed by atoms with Crippen molar-refractivity contribution in [1.82, 2.24) is 0 Å². The SMILES string of the molecule is NC(=NC(=NCc1cc(-c2cccc3oc4ccccc4c23)cc2oc3ccccc3c12)c1ccccc1)c1ccc2ccc3ccccc3c2c1. The van der Waals surface area contributed by atoms with Crippen LogP contribution in [0.5, 0.6) is 0 Å². The van der Waals surface area contributed by atoms with Crippen molar-refractivity contribution in [3.8, 4) is 11.1 Å². The molecule has 0 aliphatic carbocycles. The van der Waals surface area contributed by atoms with Gasteiger partial charge in [0.05, 0.1) is 6.54 Å². The third kappa shape index (κ3) is 5.02. The molecule has 10 aromatic rings. The third-order valence-electron chi connectivity index (χ3n) is 9.97. The first-order chi connectivity index (χ1) is 25.7. The first-order valence-electron chi connectivity index (χ1n) is 17.4. The van der Waals surface area contributed by atoms with Gasteiger partial charge in [-0.15, -0.1) is 0 Å². The van der Waals surface area contributed by atoms with Crippen LogP contribution in [0.25, 0.3) is 76.5 Å². The number of rotatable bonds is 5. The van der Waals surface area contributed by atoms with Crippen molar-refractivity contribution in [2.45, 2.75) is 6.54 Å². The largest absolute Gasteiger partial charge is 0.456 e. The minimum absolute atomic E-state index is 0.360. The van der Waals surface area contributed by atoms with E-state index in [1.807, 2.05) is 84.9 Å². The minimum atomic E-state index is 0.360. The summed E-state index contributed by atoms with van der Waals surface area (Å²) in [5.74, 6) is 0.967. The second-order valence-electron chi connectivity index (χ2n) is 13.1. The number of nitrogens with zero attached hydrogens (tertiary/aromatic N) is 2. The van der Waals surface area contributed by atoms with Crippen LogP contribution in [0.4, 0.5) is 0 Å². The van der Waals surface area contributed by atoms with E-state index < -0.39 is 0 Å². The van der Waals surface area contributed by atoms with Gasteiger partial charge in [-0.3, -0.25) is 4.99 Å². The highest BCUT2D eigenvalue weighted by molar-refractivity contribution is 6.16. The van der Waals surface area contributed by atoms with Crippen LogP contribution in [0, 0.1) is 0 Å². The minimum Gasteiger partial charge on any atom is -0.456 e. The van der Waals surface area contributed by atoms with E-state index in [2.05, 4.69) is 78.9 Å². The van der Waals surface area contributed by atoms with Gasteiger partial charge in [0.1, 0.15) is 28.2 Å². The molecule has 0 amide bonds. The molecule has 0 radical (unpaired) electrons. The number of amidine groups is 2. The summed E-state index contributed by atoms with van der Waals surface area (Å²) in [6.07, 6.45) is 0. The molecule has 10 rings (SSSR count). The van der Waals surface area contributed by atoms with E-state index in [0.717, 1.165) is 82.5 Å². The van der Waals surface area contributed by atoms with Crippen LogP contribution < -0.4 is 5.73 Å². The Balaban J connectivity index is 1.13. The summed E-state index contributed by atoms with van der Waals surface area (Å²) in [6, 6.07) is 55.9. The number of furan rings is 2. The van der Waals surface area contributed by atoms with E-state index in [0.29, 0.717) is 18.2 Å². The van der Waals surface area contributed by atoms with Gasteiger partial charge < -0.3 is 14.6 Å². The molecule has 0 aliphatic heterocycles. The average molecular weight is 670 g/mol. The van der Waals surface area contributed by atoms with Gasteiger partial charge in [-0.05, 0) is 74.6 Å². The van der Waals surface area contributed by atoms with Gasteiger partial charge >= 0.3 is 0 Å². The van der Waals surface area contributed by atoms with Gasteiger partial charge in [0.15, 0.2) is 5.84 Å². The third-order valence-corrected chi connectivity index (χ3v) is 9.97. The zero-order valence-corrected chi connectivity index (χ0v) is 28.1. The molecule has 5 nitrogen and oxygen atoms in total. The lowest BCUT2D eigenvalue weighted by atomic mass is 9.95. The summed E-state index contributed by atoms with van der Waals surface area (Å²) < 4.78 is 12.8. The standard InChI is InChI=1S/C47H31N3O2/c48-46(32-24-23-30-22-21-29-11-4-5-14-35(29)39(30)26-32)50-47(31-12-2-1-3-13-31)49-28-34-25-33(27-43-44(34)37-15-6-8-18-40(37)52-43)36-17-10-20-42-45(36)38-16-7-9-19-41(38)51-42/h1-27H,28H2,(H2,48,49,50). The summed E-state index contributed by atoms with van der Waals surface area (Å²) in [7, 11) is 0. The quantitative estimate of drug-likeness (QED) is 0.113. The molecule has 0 saturated heterocycles. The van der Waals surface area contributed by atoms with Gasteiger partial charge in [-0.2, -0.15) is 0 Å². The van der Waals surface area contributed by atoms with Crippen molar-refractivity contribution in [3.63, 3.8) is 0 Å². The molecule has 0 spiro atoms. The smallest absolute Gasteiger partial charge is 0.157 e. The van der Waals surface area contributed by atoms with Crippen LogP contribution in [0.1, 0.15) is 16.7 Å². The molecule has 52 heavy (non-hydrogen) atoms. The summed E-state index contributed by atoms with van der Waals surface area (Å²) in [4.78, 5) is 10.2. The Labute approximate surface area is 299 Å². The van der Waals surface area contributed by atoms with Gasteiger partial charge in [0, 0.05) is 32.7 Å². The number of fused-ring (bicyclic) bond motifs is 9. The molecule has 8 aromatic carbocycles. The van der Waals surface area contributed by atoms with Crippen molar-refractivity contribution in [3.05, 3.63) is 180 Å². The Morgan fingerprint density at radius 1 is 0.481 bits per heavy atom. The maximum absolute atomic E-state index is 6.82. The molecule has 2 aromatic heterocycles. The number of hydrogen-bond acceptors (Lipinski definition) is 3. The highest BCUT2D eigenvalue weighted by Gasteiger charge is 2.18. The fourth-order valence-electron chi connectivity index (χ4n) is 7.51. The Kier molecular flexibility index (Phi) is 6.96. The zero-order valence-electron chi connectivity index (χ0n) is 28.1. The van der Waals surface area contributed by atoms with Gasteiger partial charge in [0.2, 0.25) is 0 Å². The Morgan fingerprint density at radius 3 is 1.92 bits per heavy atom.